The van der Waals surface area contributed by atoms with Gasteiger partial charge in [0.1, 0.15) is 5.82 Å². The number of thioether (sulfide) groups is 1. The summed E-state index contributed by atoms with van der Waals surface area (Å²) in [6.45, 7) is 1.65. The fourth-order valence-electron chi connectivity index (χ4n) is 2.59. The summed E-state index contributed by atoms with van der Waals surface area (Å²) in [5.74, 6) is 1.13. The van der Waals surface area contributed by atoms with E-state index in [1.54, 1.807) is 11.8 Å². The summed E-state index contributed by atoms with van der Waals surface area (Å²) in [5, 5.41) is 9.98. The summed E-state index contributed by atoms with van der Waals surface area (Å²) in [6, 6.07) is 10.4. The molecule has 1 aliphatic heterocycles. The molecule has 2 heterocycles. The number of benzene rings is 1. The van der Waals surface area contributed by atoms with Gasteiger partial charge < -0.3 is 10.3 Å². The maximum Gasteiger partial charge on any atom is 0.191 e. The number of nitrogens with two attached hydrogens (primary N) is 1. The molecule has 1 unspecified atom stereocenters. The average Bonchev–Trinajstić information content (AvgIpc) is 2.72. The molecule has 1 aliphatic rings. The third kappa shape index (κ3) is 2.88. The zero-order valence-corrected chi connectivity index (χ0v) is 12.4. The van der Waals surface area contributed by atoms with Gasteiger partial charge in [0.2, 0.25) is 0 Å². The molecule has 0 radical (unpaired) electrons. The summed E-state index contributed by atoms with van der Waals surface area (Å²) < 4.78 is 2.28. The van der Waals surface area contributed by atoms with E-state index in [1.165, 1.54) is 24.8 Å². The minimum absolute atomic E-state index is 0.243. The van der Waals surface area contributed by atoms with Crippen LogP contribution in [0.25, 0.3) is 0 Å². The zero-order valence-electron chi connectivity index (χ0n) is 11.5. The summed E-state index contributed by atoms with van der Waals surface area (Å²) in [6.07, 6.45) is 4.78. The Morgan fingerprint density at radius 3 is 2.80 bits per heavy atom. The van der Waals surface area contributed by atoms with Crippen molar-refractivity contribution in [2.45, 2.75) is 42.6 Å². The second-order valence-corrected chi connectivity index (χ2v) is 6.28. The van der Waals surface area contributed by atoms with Crippen LogP contribution in [0.5, 0.6) is 0 Å². The second kappa shape index (κ2) is 6.41. The molecule has 0 saturated heterocycles. The second-order valence-electron chi connectivity index (χ2n) is 5.11. The highest BCUT2D eigenvalue weighted by Crippen LogP contribution is 2.34. The Kier molecular flexibility index (Phi) is 4.38. The molecule has 0 amide bonds. The van der Waals surface area contributed by atoms with Crippen LogP contribution in [0.1, 0.15) is 35.9 Å². The minimum atomic E-state index is 0.243. The highest BCUT2D eigenvalue weighted by molar-refractivity contribution is 7.99. The summed E-state index contributed by atoms with van der Waals surface area (Å²) in [5.41, 5.74) is 7.21. The van der Waals surface area contributed by atoms with Gasteiger partial charge in [-0.2, -0.15) is 0 Å². The van der Waals surface area contributed by atoms with Gasteiger partial charge in [-0.25, -0.2) is 0 Å². The van der Waals surface area contributed by atoms with E-state index in [2.05, 4.69) is 39.0 Å². The third-order valence-corrected chi connectivity index (χ3v) is 4.97. The van der Waals surface area contributed by atoms with E-state index in [0.29, 0.717) is 6.54 Å². The fourth-order valence-corrected chi connectivity index (χ4v) is 3.65. The first kappa shape index (κ1) is 13.6. The van der Waals surface area contributed by atoms with E-state index in [1.807, 2.05) is 6.07 Å². The van der Waals surface area contributed by atoms with Crippen molar-refractivity contribution in [1.29, 1.82) is 0 Å². The Balaban J connectivity index is 1.81. The van der Waals surface area contributed by atoms with E-state index < -0.39 is 0 Å². The van der Waals surface area contributed by atoms with Gasteiger partial charge >= 0.3 is 0 Å². The van der Waals surface area contributed by atoms with Crippen molar-refractivity contribution in [2.75, 3.05) is 6.54 Å². The largest absolute Gasteiger partial charge is 0.329 e. The first-order chi connectivity index (χ1) is 9.88. The number of nitrogens with zero attached hydrogens (tertiary/aromatic N) is 3. The molecule has 3 rings (SSSR count). The maximum atomic E-state index is 5.95. The van der Waals surface area contributed by atoms with E-state index >= 15 is 0 Å². The quantitative estimate of drug-likeness (QED) is 0.879. The summed E-state index contributed by atoms with van der Waals surface area (Å²) in [7, 11) is 0. The molecule has 1 aromatic heterocycles. The van der Waals surface area contributed by atoms with Crippen molar-refractivity contribution in [2.24, 2.45) is 5.73 Å². The number of hydrogen-bond donors (Lipinski definition) is 1. The van der Waals surface area contributed by atoms with Crippen molar-refractivity contribution >= 4 is 11.8 Å². The molecule has 4 nitrogen and oxygen atoms in total. The Labute approximate surface area is 123 Å². The number of rotatable bonds is 4. The van der Waals surface area contributed by atoms with E-state index in [-0.39, 0.29) is 5.25 Å². The lowest BCUT2D eigenvalue weighted by Gasteiger charge is -2.15. The lowest BCUT2D eigenvalue weighted by molar-refractivity contribution is 0.590. The smallest absolute Gasteiger partial charge is 0.191 e. The first-order valence-corrected chi connectivity index (χ1v) is 8.10. The van der Waals surface area contributed by atoms with Crippen molar-refractivity contribution in [1.82, 2.24) is 14.8 Å². The van der Waals surface area contributed by atoms with Gasteiger partial charge in [-0.05, 0) is 18.4 Å². The molecular formula is C15H20N4S. The molecule has 0 fully saturated rings. The Morgan fingerprint density at radius 1 is 1.15 bits per heavy atom. The molecule has 1 aromatic carbocycles. The van der Waals surface area contributed by atoms with Crippen LogP contribution in [0, 0.1) is 0 Å². The van der Waals surface area contributed by atoms with Crippen LogP contribution < -0.4 is 5.73 Å². The molecule has 0 bridgehead atoms. The topological polar surface area (TPSA) is 56.7 Å². The van der Waals surface area contributed by atoms with Gasteiger partial charge in [0.25, 0.3) is 0 Å². The van der Waals surface area contributed by atoms with E-state index in [0.717, 1.165) is 23.9 Å². The third-order valence-electron chi connectivity index (χ3n) is 3.71. The molecule has 2 aromatic rings. The Bertz CT molecular complexity index is 552. The standard InChI is InChI=1S/C15H20N4S/c16-11-13(12-7-3-1-4-8-12)20-15-18-17-14-9-5-2-6-10-19(14)15/h1,3-4,7-8,13H,2,5-6,9-11,16H2. The lowest BCUT2D eigenvalue weighted by Crippen LogP contribution is -2.11. The Morgan fingerprint density at radius 2 is 2.00 bits per heavy atom. The van der Waals surface area contributed by atoms with Gasteiger partial charge in [0.05, 0.1) is 0 Å². The normalized spacial score (nSPS) is 16.4. The van der Waals surface area contributed by atoms with Crippen molar-refractivity contribution in [3.05, 3.63) is 41.7 Å². The van der Waals surface area contributed by atoms with Gasteiger partial charge in [-0.1, -0.05) is 48.5 Å². The maximum absolute atomic E-state index is 5.95. The van der Waals surface area contributed by atoms with E-state index in [4.69, 9.17) is 5.73 Å². The summed E-state index contributed by atoms with van der Waals surface area (Å²) in [4.78, 5) is 0. The highest BCUT2D eigenvalue weighted by Gasteiger charge is 2.19. The van der Waals surface area contributed by atoms with Crippen molar-refractivity contribution in [3.63, 3.8) is 0 Å². The SMILES string of the molecule is NCC(Sc1nnc2n1CCCCC2)c1ccccc1. The van der Waals surface area contributed by atoms with Crippen LogP contribution in [-0.2, 0) is 13.0 Å². The van der Waals surface area contributed by atoms with Crippen LogP contribution in [0.15, 0.2) is 35.5 Å². The molecule has 5 heteroatoms. The van der Waals surface area contributed by atoms with Crippen LogP contribution in [0.3, 0.4) is 0 Å². The summed E-state index contributed by atoms with van der Waals surface area (Å²) >= 11 is 1.74. The van der Waals surface area contributed by atoms with Gasteiger partial charge in [-0.3, -0.25) is 0 Å². The van der Waals surface area contributed by atoms with Crippen molar-refractivity contribution in [3.8, 4) is 0 Å². The molecular weight excluding hydrogens is 268 g/mol. The fraction of sp³-hybridized carbons (Fsp3) is 0.467. The molecule has 1 atom stereocenters. The molecule has 0 aliphatic carbocycles. The highest BCUT2D eigenvalue weighted by atomic mass is 32.2. The minimum Gasteiger partial charge on any atom is -0.329 e. The first-order valence-electron chi connectivity index (χ1n) is 7.22. The van der Waals surface area contributed by atoms with Crippen LogP contribution >= 0.6 is 11.8 Å². The number of aryl methyl sites for hydroxylation is 1. The van der Waals surface area contributed by atoms with E-state index in [9.17, 15) is 0 Å². The molecule has 106 valence electrons. The predicted octanol–water partition coefficient (Wildman–Crippen LogP) is 2.80. The van der Waals surface area contributed by atoms with Crippen molar-refractivity contribution < 1.29 is 0 Å². The lowest BCUT2D eigenvalue weighted by atomic mass is 10.1. The number of aromatic nitrogens is 3. The van der Waals surface area contributed by atoms with Gasteiger partial charge in [0, 0.05) is 24.8 Å². The van der Waals surface area contributed by atoms with Gasteiger partial charge in [-0.15, -0.1) is 10.2 Å². The van der Waals surface area contributed by atoms with Crippen LogP contribution in [0.2, 0.25) is 0 Å². The Hall–Kier alpha value is -1.33. The monoisotopic (exact) mass is 288 g/mol. The average molecular weight is 288 g/mol. The zero-order chi connectivity index (χ0) is 13.8. The molecule has 0 spiro atoms. The van der Waals surface area contributed by atoms with Crippen LogP contribution in [-0.4, -0.2) is 21.3 Å². The molecule has 0 saturated carbocycles. The predicted molar refractivity (Wildman–Crippen MR) is 81.7 cm³/mol. The number of fused-ring (bicyclic) bond motifs is 1. The molecule has 2 N–H and O–H groups in total. The molecule has 20 heavy (non-hydrogen) atoms. The van der Waals surface area contributed by atoms with Crippen LogP contribution in [0.4, 0.5) is 0 Å². The van der Waals surface area contributed by atoms with Gasteiger partial charge in [0.15, 0.2) is 5.16 Å². The number of hydrogen-bond acceptors (Lipinski definition) is 4.